The molecule has 0 bridgehead atoms. The molecule has 0 spiro atoms. The van der Waals surface area contributed by atoms with Crippen LogP contribution in [0, 0.1) is 26.6 Å². The summed E-state index contributed by atoms with van der Waals surface area (Å²) in [6, 6.07) is 8.32. The highest BCUT2D eigenvalue weighted by atomic mass is 19.4. The molecule has 50 heavy (non-hydrogen) atoms. The first-order valence-corrected chi connectivity index (χ1v) is 15.7. The smallest absolute Gasteiger partial charge is 0.435 e. The van der Waals surface area contributed by atoms with Crippen molar-refractivity contribution in [1.82, 2.24) is 20.4 Å². The fourth-order valence-corrected chi connectivity index (χ4v) is 5.38. The van der Waals surface area contributed by atoms with Gasteiger partial charge >= 0.3 is 12.1 Å². The Labute approximate surface area is 287 Å². The van der Waals surface area contributed by atoms with Gasteiger partial charge in [0.25, 0.3) is 11.8 Å². The van der Waals surface area contributed by atoms with Crippen LogP contribution in [-0.4, -0.2) is 89.5 Å². The van der Waals surface area contributed by atoms with Crippen molar-refractivity contribution in [3.8, 4) is 5.75 Å². The number of hydrogen-bond acceptors (Lipinski definition) is 8. The van der Waals surface area contributed by atoms with Gasteiger partial charge in [-0.1, -0.05) is 18.7 Å². The minimum Gasteiger partial charge on any atom is -0.484 e. The molecule has 2 heterocycles. The summed E-state index contributed by atoms with van der Waals surface area (Å²) in [4.78, 5) is 41.3. The molecular weight excluding hydrogens is 660 g/mol. The number of carbonyl (C=O) groups is 3. The molecule has 1 atom stereocenters. The van der Waals surface area contributed by atoms with E-state index in [1.54, 1.807) is 30.6 Å². The number of rotatable bonds is 12. The normalized spacial score (nSPS) is 14.3. The highest BCUT2D eigenvalue weighted by Crippen LogP contribution is 2.32. The number of alkyl halides is 3. The summed E-state index contributed by atoms with van der Waals surface area (Å²) >= 11 is 0. The summed E-state index contributed by atoms with van der Waals surface area (Å²) in [5.41, 5.74) is 0.943. The molecule has 1 aliphatic heterocycles. The lowest BCUT2D eigenvalue weighted by Gasteiger charge is -2.30. The second-order valence-corrected chi connectivity index (χ2v) is 11.9. The molecule has 2 aromatic carbocycles. The van der Waals surface area contributed by atoms with Crippen molar-refractivity contribution in [2.45, 2.75) is 40.0 Å². The largest absolute Gasteiger partial charge is 0.484 e. The fourth-order valence-electron chi connectivity index (χ4n) is 5.38. The molecule has 0 aliphatic carbocycles. The maximum Gasteiger partial charge on any atom is 0.435 e. The van der Waals surface area contributed by atoms with Crippen LogP contribution >= 0.6 is 0 Å². The van der Waals surface area contributed by atoms with Crippen LogP contribution in [-0.2, 0) is 15.7 Å². The van der Waals surface area contributed by atoms with Gasteiger partial charge in [0.05, 0.1) is 25.3 Å². The van der Waals surface area contributed by atoms with Crippen LogP contribution in [0.15, 0.2) is 49.1 Å². The van der Waals surface area contributed by atoms with Crippen molar-refractivity contribution < 1.29 is 46.0 Å². The molecule has 3 aromatic rings. The van der Waals surface area contributed by atoms with Gasteiger partial charge in [0.2, 0.25) is 0 Å². The molecule has 1 aromatic heterocycles. The van der Waals surface area contributed by atoms with Crippen molar-refractivity contribution in [2.75, 3.05) is 51.8 Å². The van der Waals surface area contributed by atoms with E-state index in [-0.39, 0.29) is 53.9 Å². The Bertz CT molecular complexity index is 1830. The highest BCUT2D eigenvalue weighted by Gasteiger charge is 2.34. The molecule has 15 heteroatoms. The molecule has 11 nitrogen and oxygen atoms in total. The van der Waals surface area contributed by atoms with Crippen LogP contribution in [0.4, 0.5) is 23.4 Å². The first kappa shape index (κ1) is 37.8. The summed E-state index contributed by atoms with van der Waals surface area (Å²) in [5, 5.41) is 11.9. The number of carbonyl (C=O) groups excluding carboxylic acids is 3. The molecule has 2 N–H and O–H groups in total. The quantitative estimate of drug-likeness (QED) is 0.120. The number of amides is 3. The Kier molecular flexibility index (Phi) is 12.2. The molecular formula is C35H39F4N6O5+. The number of aromatic nitrogens is 2. The zero-order chi connectivity index (χ0) is 36.7. The number of methoxy groups -OCH3 is 1. The fraction of sp³-hybridized carbons (Fsp3) is 0.371. The predicted molar refractivity (Wildman–Crippen MR) is 177 cm³/mol. The number of nitrogens with zero attached hydrogens (tertiary/aromatic N) is 4. The van der Waals surface area contributed by atoms with E-state index in [2.05, 4.69) is 27.4 Å². The molecule has 266 valence electrons. The Morgan fingerprint density at radius 3 is 2.38 bits per heavy atom. The summed E-state index contributed by atoms with van der Waals surface area (Å²) in [6.07, 6.45) is -4.26. The maximum absolute atomic E-state index is 14.9. The van der Waals surface area contributed by atoms with E-state index in [1.165, 1.54) is 38.3 Å². The maximum atomic E-state index is 14.9. The monoisotopic (exact) mass is 699 g/mol. The highest BCUT2D eigenvalue weighted by molar-refractivity contribution is 6.07. The van der Waals surface area contributed by atoms with Gasteiger partial charge in [0.1, 0.15) is 17.7 Å². The van der Waals surface area contributed by atoms with E-state index in [4.69, 9.17) is 9.47 Å². The van der Waals surface area contributed by atoms with Gasteiger partial charge in [0, 0.05) is 38.8 Å². The van der Waals surface area contributed by atoms with E-state index in [9.17, 15) is 31.9 Å². The zero-order valence-electron chi connectivity index (χ0n) is 28.4. The van der Waals surface area contributed by atoms with Crippen molar-refractivity contribution in [3.05, 3.63) is 93.9 Å². The molecule has 0 fully saturated rings. The number of nitrogens with one attached hydrogen (secondary N) is 2. The third-order valence-electron chi connectivity index (χ3n) is 8.17. The summed E-state index contributed by atoms with van der Waals surface area (Å²) in [5.74, 6) is -2.07. The lowest BCUT2D eigenvalue weighted by molar-refractivity contribution is -0.451. The Balaban J connectivity index is 1.71. The lowest BCUT2D eigenvalue weighted by atomic mass is 10.0. The van der Waals surface area contributed by atoms with Gasteiger partial charge in [-0.15, -0.1) is 10.2 Å². The summed E-state index contributed by atoms with van der Waals surface area (Å²) in [6.45, 7) is 11.9. The van der Waals surface area contributed by atoms with E-state index in [0.717, 1.165) is 11.8 Å². The van der Waals surface area contributed by atoms with Gasteiger partial charge in [-0.25, -0.2) is 9.18 Å². The van der Waals surface area contributed by atoms with Crippen molar-refractivity contribution >= 4 is 29.3 Å². The topological polar surface area (TPSA) is 126 Å². The van der Waals surface area contributed by atoms with Crippen LogP contribution in [0.1, 0.15) is 61.7 Å². The molecule has 1 aliphatic rings. The van der Waals surface area contributed by atoms with Gasteiger partial charge in [0.15, 0.2) is 23.8 Å². The zero-order valence-corrected chi connectivity index (χ0v) is 28.4. The molecule has 3 amide bonds. The van der Waals surface area contributed by atoms with Crippen molar-refractivity contribution in [2.24, 2.45) is 0 Å². The number of anilines is 1. The second-order valence-electron chi connectivity index (χ2n) is 11.9. The Hall–Kier alpha value is -5.02. The van der Waals surface area contributed by atoms with Gasteiger partial charge < -0.3 is 20.1 Å². The third kappa shape index (κ3) is 9.15. The van der Waals surface area contributed by atoms with Crippen LogP contribution in [0.3, 0.4) is 0 Å². The Morgan fingerprint density at radius 1 is 1.02 bits per heavy atom. The number of halogens is 4. The summed E-state index contributed by atoms with van der Waals surface area (Å²) < 4.78 is 67.4. The lowest BCUT2D eigenvalue weighted by Crippen LogP contribution is -2.47. The predicted octanol–water partition coefficient (Wildman–Crippen LogP) is 4.81. The van der Waals surface area contributed by atoms with Crippen LogP contribution in [0.5, 0.6) is 5.75 Å². The standard InChI is InChI=1S/C35H38F4N6O5/c1-7-31(46)45-12-11-44(18-23(45)5)19-29(24-9-8-20(2)27(36)16-24)50-28-14-21(3)25(17-26(28)33(47)40-10-13-49-6)34(48)41-32-22(4)15-30(42-43-32)35(37,38)39/h7-9,14-17,29H,1,10-13,18-19H2,2-6H3,(H-,40,41,43,47,48)/p+1/t29-/m1/s1. The van der Waals surface area contributed by atoms with E-state index >= 15 is 0 Å². The molecule has 4 rings (SSSR count). The molecule has 0 saturated carbocycles. The second kappa shape index (κ2) is 16.1. The van der Waals surface area contributed by atoms with Crippen LogP contribution < -0.4 is 15.4 Å². The molecule has 0 saturated heterocycles. The van der Waals surface area contributed by atoms with Crippen LogP contribution in [0.25, 0.3) is 0 Å². The molecule has 0 radical (unpaired) electrons. The average molecular weight is 700 g/mol. The van der Waals surface area contributed by atoms with E-state index in [1.807, 2.05) is 11.8 Å². The summed E-state index contributed by atoms with van der Waals surface area (Å²) in [7, 11) is 1.47. The van der Waals surface area contributed by atoms with Crippen molar-refractivity contribution in [1.29, 1.82) is 0 Å². The average Bonchev–Trinajstić information content (AvgIpc) is 3.06. The molecule has 0 unspecified atom stereocenters. The van der Waals surface area contributed by atoms with Gasteiger partial charge in [-0.2, -0.15) is 17.7 Å². The van der Waals surface area contributed by atoms with Crippen LogP contribution in [0.2, 0.25) is 0 Å². The van der Waals surface area contributed by atoms with Gasteiger partial charge in [-0.05, 0) is 67.3 Å². The van der Waals surface area contributed by atoms with E-state index in [0.29, 0.717) is 36.3 Å². The number of ether oxygens (including phenoxy) is 2. The van der Waals surface area contributed by atoms with Crippen molar-refractivity contribution in [3.63, 3.8) is 0 Å². The number of hydrogen-bond donors (Lipinski definition) is 2. The number of benzene rings is 2. The van der Waals surface area contributed by atoms with Gasteiger partial charge in [-0.3, -0.25) is 14.5 Å². The first-order chi connectivity index (χ1) is 23.6. The van der Waals surface area contributed by atoms with E-state index < -0.39 is 35.6 Å². The minimum absolute atomic E-state index is 0.0196. The minimum atomic E-state index is -4.71. The third-order valence-corrected chi connectivity index (χ3v) is 8.17. The first-order valence-electron chi connectivity index (χ1n) is 15.7. The Morgan fingerprint density at radius 2 is 1.76 bits per heavy atom. The SMILES string of the molecule is C=CC(=O)[N+]1=C(C)CN(C[C@@H](Oc2cc(C)c(C(=O)Nc3nnc(C(F)(F)F)cc3C)cc2C(=O)NCCOC)c2ccc(C)c(F)c2)CC1. The number of aryl methyl sites for hydroxylation is 3.